The van der Waals surface area contributed by atoms with Gasteiger partial charge < -0.3 is 4.74 Å². The highest BCUT2D eigenvalue weighted by Gasteiger charge is 2.62. The normalized spacial score (nSPS) is 41.9. The van der Waals surface area contributed by atoms with Crippen LogP contribution in [0.25, 0.3) is 0 Å². The minimum atomic E-state index is -0.211. The van der Waals surface area contributed by atoms with Gasteiger partial charge in [0.15, 0.2) is 0 Å². The number of ether oxygens (including phenoxy) is 1. The first-order chi connectivity index (χ1) is 7.45. The van der Waals surface area contributed by atoms with E-state index >= 15 is 0 Å². The van der Waals surface area contributed by atoms with E-state index in [-0.39, 0.29) is 11.5 Å². The minimum absolute atomic E-state index is 0.211. The lowest BCUT2D eigenvalue weighted by molar-refractivity contribution is -0.0689. The number of nitriles is 1. The molecule has 0 amide bonds. The fraction of sp³-hybridized carbons (Fsp3) is 0.929. The summed E-state index contributed by atoms with van der Waals surface area (Å²) in [6.45, 7) is 9.13. The number of rotatable bonds is 3. The van der Waals surface area contributed by atoms with Crippen molar-refractivity contribution in [2.45, 2.75) is 65.6 Å². The fourth-order valence-corrected chi connectivity index (χ4v) is 3.75. The van der Waals surface area contributed by atoms with Gasteiger partial charge >= 0.3 is 0 Å². The molecule has 0 N–H and O–H groups in total. The standard InChI is InChI=1S/C14H23NO/c1-5-11(9-15)16-12-8-10-6-7-14(12,4)13(10,2)3/h10-12H,5-8H2,1-4H3. The number of hydrogen-bond donors (Lipinski definition) is 0. The second-order valence-electron chi connectivity index (χ2n) is 6.26. The molecule has 0 heterocycles. The zero-order valence-corrected chi connectivity index (χ0v) is 10.9. The third-order valence-electron chi connectivity index (χ3n) is 5.56. The topological polar surface area (TPSA) is 33.0 Å². The van der Waals surface area contributed by atoms with Crippen molar-refractivity contribution >= 4 is 0 Å². The van der Waals surface area contributed by atoms with E-state index in [1.807, 2.05) is 6.92 Å². The Balaban J connectivity index is 2.13. The van der Waals surface area contributed by atoms with E-state index in [2.05, 4.69) is 26.8 Å². The molecule has 2 aliphatic carbocycles. The summed E-state index contributed by atoms with van der Waals surface area (Å²) in [6.07, 6.45) is 4.64. The lowest BCUT2D eigenvalue weighted by Gasteiger charge is -2.39. The van der Waals surface area contributed by atoms with E-state index in [0.29, 0.717) is 11.5 Å². The lowest BCUT2D eigenvalue weighted by Crippen LogP contribution is -2.38. The fourth-order valence-electron chi connectivity index (χ4n) is 3.75. The highest BCUT2D eigenvalue weighted by atomic mass is 16.5. The molecule has 0 radical (unpaired) electrons. The van der Waals surface area contributed by atoms with Crippen molar-refractivity contribution in [2.75, 3.05) is 0 Å². The second kappa shape index (κ2) is 3.74. The van der Waals surface area contributed by atoms with Crippen LogP contribution in [0.5, 0.6) is 0 Å². The van der Waals surface area contributed by atoms with E-state index in [4.69, 9.17) is 10.00 Å². The molecule has 0 aliphatic heterocycles. The first-order valence-electron chi connectivity index (χ1n) is 6.50. The van der Waals surface area contributed by atoms with Crippen molar-refractivity contribution in [2.24, 2.45) is 16.7 Å². The van der Waals surface area contributed by atoms with E-state index < -0.39 is 0 Å². The summed E-state index contributed by atoms with van der Waals surface area (Å²) in [7, 11) is 0. The van der Waals surface area contributed by atoms with Crippen LogP contribution in [-0.2, 0) is 4.74 Å². The van der Waals surface area contributed by atoms with Crippen LogP contribution >= 0.6 is 0 Å². The molecule has 2 fully saturated rings. The summed E-state index contributed by atoms with van der Waals surface area (Å²) in [5.41, 5.74) is 0.660. The molecule has 0 aromatic rings. The third-order valence-corrected chi connectivity index (χ3v) is 5.56. The SMILES string of the molecule is CCC(C#N)OC1CC2CCC1(C)C2(C)C. The maximum absolute atomic E-state index is 9.00. The molecule has 2 saturated carbocycles. The van der Waals surface area contributed by atoms with Crippen molar-refractivity contribution in [3.8, 4) is 6.07 Å². The second-order valence-corrected chi connectivity index (χ2v) is 6.26. The average molecular weight is 221 g/mol. The summed E-state index contributed by atoms with van der Waals surface area (Å²) < 4.78 is 6.02. The Morgan fingerprint density at radius 1 is 1.44 bits per heavy atom. The molecule has 2 heteroatoms. The predicted molar refractivity (Wildman–Crippen MR) is 63.8 cm³/mol. The zero-order chi connectivity index (χ0) is 12.0. The molecule has 16 heavy (non-hydrogen) atoms. The molecule has 4 atom stereocenters. The first kappa shape index (κ1) is 11.9. The van der Waals surface area contributed by atoms with Gasteiger partial charge in [-0.2, -0.15) is 5.26 Å². The minimum Gasteiger partial charge on any atom is -0.359 e. The highest BCUT2D eigenvalue weighted by Crippen LogP contribution is 2.66. The molecule has 90 valence electrons. The van der Waals surface area contributed by atoms with Crippen molar-refractivity contribution in [1.82, 2.24) is 0 Å². The van der Waals surface area contributed by atoms with Crippen molar-refractivity contribution in [1.29, 1.82) is 5.26 Å². The van der Waals surface area contributed by atoms with Crippen LogP contribution < -0.4 is 0 Å². The quantitative estimate of drug-likeness (QED) is 0.730. The van der Waals surface area contributed by atoms with E-state index in [0.717, 1.165) is 18.8 Å². The van der Waals surface area contributed by atoms with Crippen molar-refractivity contribution in [3.63, 3.8) is 0 Å². The number of fused-ring (bicyclic) bond motifs is 2. The van der Waals surface area contributed by atoms with Gasteiger partial charge in [-0.05, 0) is 42.4 Å². The maximum Gasteiger partial charge on any atom is 0.144 e. The number of nitrogens with zero attached hydrogens (tertiary/aromatic N) is 1. The molecule has 0 spiro atoms. The van der Waals surface area contributed by atoms with Crippen LogP contribution in [0, 0.1) is 28.1 Å². The summed E-state index contributed by atoms with van der Waals surface area (Å²) in [5, 5.41) is 9.00. The van der Waals surface area contributed by atoms with E-state index in [1.54, 1.807) is 0 Å². The maximum atomic E-state index is 9.00. The van der Waals surface area contributed by atoms with Crippen LogP contribution in [0.3, 0.4) is 0 Å². The summed E-state index contributed by atoms with van der Waals surface area (Å²) in [5.74, 6) is 0.790. The van der Waals surface area contributed by atoms with Crippen molar-refractivity contribution < 1.29 is 4.74 Å². The summed E-state index contributed by atoms with van der Waals surface area (Å²) in [6, 6.07) is 2.26. The van der Waals surface area contributed by atoms with Gasteiger partial charge in [-0.1, -0.05) is 27.7 Å². The van der Waals surface area contributed by atoms with Gasteiger partial charge in [-0.3, -0.25) is 0 Å². The van der Waals surface area contributed by atoms with Gasteiger partial charge in [-0.25, -0.2) is 0 Å². The Morgan fingerprint density at radius 2 is 2.12 bits per heavy atom. The van der Waals surface area contributed by atoms with Crippen LogP contribution in [0.2, 0.25) is 0 Å². The Bertz CT molecular complexity index is 317. The molecule has 2 aliphatic rings. The summed E-state index contributed by atoms with van der Waals surface area (Å²) >= 11 is 0. The van der Waals surface area contributed by atoms with Crippen LogP contribution in [0.15, 0.2) is 0 Å². The Morgan fingerprint density at radius 3 is 2.50 bits per heavy atom. The third kappa shape index (κ3) is 1.41. The molecule has 0 saturated heterocycles. The van der Waals surface area contributed by atoms with Gasteiger partial charge in [-0.15, -0.1) is 0 Å². The molecule has 0 aromatic carbocycles. The van der Waals surface area contributed by atoms with Crippen molar-refractivity contribution in [3.05, 3.63) is 0 Å². The zero-order valence-electron chi connectivity index (χ0n) is 10.9. The van der Waals surface area contributed by atoms with Gasteiger partial charge in [0, 0.05) is 0 Å². The Labute approximate surface area is 99.0 Å². The van der Waals surface area contributed by atoms with Gasteiger partial charge in [0.05, 0.1) is 12.2 Å². The highest BCUT2D eigenvalue weighted by molar-refractivity contribution is 5.11. The molecule has 2 rings (SSSR count). The van der Waals surface area contributed by atoms with Crippen LogP contribution in [0.1, 0.15) is 53.4 Å². The molecule has 2 bridgehead atoms. The van der Waals surface area contributed by atoms with Gasteiger partial charge in [0.1, 0.15) is 6.10 Å². The van der Waals surface area contributed by atoms with Gasteiger partial charge in [0.25, 0.3) is 0 Å². The van der Waals surface area contributed by atoms with Gasteiger partial charge in [0.2, 0.25) is 0 Å². The Hall–Kier alpha value is -0.550. The average Bonchev–Trinajstić information content (AvgIpc) is 2.58. The molecule has 0 aromatic heterocycles. The first-order valence-corrected chi connectivity index (χ1v) is 6.50. The smallest absolute Gasteiger partial charge is 0.144 e. The Kier molecular flexibility index (Phi) is 2.78. The molecular formula is C14H23NO. The molecule has 2 nitrogen and oxygen atoms in total. The monoisotopic (exact) mass is 221 g/mol. The lowest BCUT2D eigenvalue weighted by atomic mass is 9.70. The predicted octanol–water partition coefficient (Wildman–Crippen LogP) is 3.52. The molecule has 4 unspecified atom stereocenters. The summed E-state index contributed by atoms with van der Waals surface area (Å²) in [4.78, 5) is 0. The number of hydrogen-bond acceptors (Lipinski definition) is 2. The van der Waals surface area contributed by atoms with E-state index in [9.17, 15) is 0 Å². The van der Waals surface area contributed by atoms with Crippen LogP contribution in [-0.4, -0.2) is 12.2 Å². The van der Waals surface area contributed by atoms with Crippen LogP contribution in [0.4, 0.5) is 0 Å². The largest absolute Gasteiger partial charge is 0.359 e. The van der Waals surface area contributed by atoms with E-state index in [1.165, 1.54) is 12.8 Å². The molecular weight excluding hydrogens is 198 g/mol.